The maximum atomic E-state index is 5.60. The van der Waals surface area contributed by atoms with E-state index in [1.165, 1.54) is 49.5 Å². The highest BCUT2D eigenvalue weighted by atomic mass is 32.1. The maximum Gasteiger partial charge on any atom is 0.0947 e. The van der Waals surface area contributed by atoms with E-state index in [9.17, 15) is 0 Å². The lowest BCUT2D eigenvalue weighted by Gasteiger charge is -2.42. The monoisotopic (exact) mass is 360 g/mol. The quantitative estimate of drug-likeness (QED) is 0.785. The number of nitrogens with zero attached hydrogens (tertiary/aromatic N) is 2. The smallest absolute Gasteiger partial charge is 0.0947 e. The van der Waals surface area contributed by atoms with Crippen LogP contribution in [-0.4, -0.2) is 49.7 Å². The first-order valence-electron chi connectivity index (χ1n) is 9.24. The average molecular weight is 361 g/mol. The van der Waals surface area contributed by atoms with Gasteiger partial charge in [0.05, 0.1) is 19.1 Å². The van der Waals surface area contributed by atoms with E-state index in [2.05, 4.69) is 33.4 Å². The Balaban J connectivity index is 1.38. The molecule has 0 aliphatic carbocycles. The van der Waals surface area contributed by atoms with Crippen LogP contribution in [0.4, 0.5) is 0 Å². The van der Waals surface area contributed by atoms with E-state index in [4.69, 9.17) is 9.15 Å². The van der Waals surface area contributed by atoms with Crippen LogP contribution < -0.4 is 0 Å². The molecule has 4 rings (SSSR count). The summed E-state index contributed by atoms with van der Waals surface area (Å²) < 4.78 is 10.8. The zero-order valence-electron chi connectivity index (χ0n) is 15.0. The molecule has 4 heterocycles. The fourth-order valence-electron chi connectivity index (χ4n) is 4.68. The number of rotatable bonds is 6. The van der Waals surface area contributed by atoms with E-state index in [1.54, 1.807) is 6.26 Å². The van der Waals surface area contributed by atoms with Gasteiger partial charge in [-0.05, 0) is 48.9 Å². The highest BCUT2D eigenvalue weighted by molar-refractivity contribution is 7.09. The molecular formula is C20H28N2O2S. The van der Waals surface area contributed by atoms with Crippen molar-refractivity contribution in [2.24, 2.45) is 11.3 Å². The van der Waals surface area contributed by atoms with Crippen molar-refractivity contribution >= 4 is 11.3 Å². The van der Waals surface area contributed by atoms with Crippen molar-refractivity contribution in [2.45, 2.75) is 25.9 Å². The number of piperidine rings is 1. The number of hydrogen-bond donors (Lipinski definition) is 0. The van der Waals surface area contributed by atoms with Gasteiger partial charge in [-0.15, -0.1) is 11.3 Å². The van der Waals surface area contributed by atoms with E-state index in [1.807, 2.05) is 24.7 Å². The SMILES string of the molecule is COCC1CN(Cc2cccs2)CC12CCN(Cc1ccoc1)CC2. The van der Waals surface area contributed by atoms with Gasteiger partial charge in [0.1, 0.15) is 0 Å². The van der Waals surface area contributed by atoms with Crippen molar-refractivity contribution in [3.05, 3.63) is 46.5 Å². The Hall–Kier alpha value is -1.14. The highest BCUT2D eigenvalue weighted by Gasteiger charge is 2.47. The van der Waals surface area contributed by atoms with Crippen LogP contribution in [0, 0.1) is 11.3 Å². The summed E-state index contributed by atoms with van der Waals surface area (Å²) in [7, 11) is 1.85. The van der Waals surface area contributed by atoms with Gasteiger partial charge in [0, 0.05) is 49.6 Å². The minimum absolute atomic E-state index is 0.431. The zero-order valence-corrected chi connectivity index (χ0v) is 15.8. The van der Waals surface area contributed by atoms with E-state index in [0.29, 0.717) is 11.3 Å². The Kier molecular flexibility index (Phi) is 5.27. The summed E-state index contributed by atoms with van der Waals surface area (Å²) in [6.45, 7) is 7.75. The maximum absolute atomic E-state index is 5.60. The van der Waals surface area contributed by atoms with Crippen LogP contribution in [0.15, 0.2) is 40.5 Å². The van der Waals surface area contributed by atoms with Gasteiger partial charge in [-0.25, -0.2) is 0 Å². The van der Waals surface area contributed by atoms with E-state index in [-0.39, 0.29) is 0 Å². The molecule has 0 radical (unpaired) electrons. The van der Waals surface area contributed by atoms with Crippen LogP contribution in [0.3, 0.4) is 0 Å². The van der Waals surface area contributed by atoms with Crippen LogP contribution in [0.5, 0.6) is 0 Å². The summed E-state index contributed by atoms with van der Waals surface area (Å²) in [5.41, 5.74) is 1.72. The predicted molar refractivity (Wildman–Crippen MR) is 101 cm³/mol. The third-order valence-corrected chi connectivity index (χ3v) is 6.91. The molecule has 2 aliphatic rings. The first kappa shape index (κ1) is 17.3. The molecule has 0 bridgehead atoms. The van der Waals surface area contributed by atoms with Gasteiger partial charge in [-0.2, -0.15) is 0 Å². The van der Waals surface area contributed by atoms with Crippen molar-refractivity contribution in [3.63, 3.8) is 0 Å². The van der Waals surface area contributed by atoms with Gasteiger partial charge in [0.25, 0.3) is 0 Å². The molecule has 2 saturated heterocycles. The second-order valence-electron chi connectivity index (χ2n) is 7.67. The van der Waals surface area contributed by atoms with Crippen molar-refractivity contribution in [3.8, 4) is 0 Å². The fourth-order valence-corrected chi connectivity index (χ4v) is 5.43. The van der Waals surface area contributed by atoms with E-state index >= 15 is 0 Å². The molecule has 2 fully saturated rings. The number of likely N-dealkylation sites (tertiary alicyclic amines) is 2. The molecule has 1 unspecified atom stereocenters. The molecule has 25 heavy (non-hydrogen) atoms. The van der Waals surface area contributed by atoms with Gasteiger partial charge in [-0.3, -0.25) is 9.80 Å². The van der Waals surface area contributed by atoms with E-state index in [0.717, 1.165) is 19.7 Å². The summed E-state index contributed by atoms with van der Waals surface area (Å²) >= 11 is 1.87. The molecule has 4 nitrogen and oxygen atoms in total. The Labute approximate surface area is 154 Å². The summed E-state index contributed by atoms with van der Waals surface area (Å²) in [4.78, 5) is 6.70. The fraction of sp³-hybridized carbons (Fsp3) is 0.600. The van der Waals surface area contributed by atoms with Gasteiger partial charge in [0.2, 0.25) is 0 Å². The van der Waals surface area contributed by atoms with Crippen LogP contribution in [-0.2, 0) is 17.8 Å². The molecule has 5 heteroatoms. The normalized spacial score (nSPS) is 24.3. The lowest BCUT2D eigenvalue weighted by molar-refractivity contribution is 0.0350. The molecule has 2 aliphatic heterocycles. The summed E-state index contributed by atoms with van der Waals surface area (Å²) in [6.07, 6.45) is 6.20. The number of ether oxygens (including phenoxy) is 1. The predicted octanol–water partition coefficient (Wildman–Crippen LogP) is 3.70. The van der Waals surface area contributed by atoms with Gasteiger partial charge in [-0.1, -0.05) is 6.07 Å². The minimum atomic E-state index is 0.431. The Morgan fingerprint density at radius 3 is 2.80 bits per heavy atom. The average Bonchev–Trinajstić information content (AvgIpc) is 3.34. The molecule has 0 aromatic carbocycles. The molecule has 0 N–H and O–H groups in total. The van der Waals surface area contributed by atoms with Gasteiger partial charge >= 0.3 is 0 Å². The Morgan fingerprint density at radius 2 is 2.12 bits per heavy atom. The third kappa shape index (κ3) is 3.85. The Morgan fingerprint density at radius 1 is 1.24 bits per heavy atom. The lowest BCUT2D eigenvalue weighted by Crippen LogP contribution is -2.44. The standard InChI is InChI=1S/C20H28N2O2S/c1-23-15-18-12-22(13-19-3-2-10-25-19)16-20(18)5-7-21(8-6-20)11-17-4-9-24-14-17/h2-4,9-10,14,18H,5-8,11-13,15-16H2,1H3. The zero-order chi connectivity index (χ0) is 17.1. The van der Waals surface area contributed by atoms with Crippen LogP contribution in [0.2, 0.25) is 0 Å². The lowest BCUT2D eigenvalue weighted by atomic mass is 9.71. The summed E-state index contributed by atoms with van der Waals surface area (Å²) in [6, 6.07) is 6.50. The van der Waals surface area contributed by atoms with Gasteiger partial charge in [0.15, 0.2) is 0 Å². The van der Waals surface area contributed by atoms with Crippen LogP contribution >= 0.6 is 11.3 Å². The molecular weight excluding hydrogens is 332 g/mol. The van der Waals surface area contributed by atoms with Gasteiger partial charge < -0.3 is 9.15 Å². The number of hydrogen-bond acceptors (Lipinski definition) is 5. The van der Waals surface area contributed by atoms with E-state index < -0.39 is 0 Å². The third-order valence-electron chi connectivity index (χ3n) is 6.05. The summed E-state index contributed by atoms with van der Waals surface area (Å²) in [5.74, 6) is 0.661. The number of furan rings is 1. The molecule has 1 atom stereocenters. The summed E-state index contributed by atoms with van der Waals surface area (Å²) in [5, 5.41) is 2.18. The highest BCUT2D eigenvalue weighted by Crippen LogP contribution is 2.45. The first-order valence-corrected chi connectivity index (χ1v) is 10.1. The molecule has 1 spiro atoms. The molecule has 2 aromatic heterocycles. The minimum Gasteiger partial charge on any atom is -0.472 e. The molecule has 0 amide bonds. The second-order valence-corrected chi connectivity index (χ2v) is 8.70. The molecule has 2 aromatic rings. The van der Waals surface area contributed by atoms with Crippen molar-refractivity contribution in [1.29, 1.82) is 0 Å². The van der Waals surface area contributed by atoms with Crippen molar-refractivity contribution in [1.82, 2.24) is 9.80 Å². The first-order chi connectivity index (χ1) is 12.3. The largest absolute Gasteiger partial charge is 0.472 e. The van der Waals surface area contributed by atoms with Crippen LogP contribution in [0.25, 0.3) is 0 Å². The molecule has 0 saturated carbocycles. The number of thiophene rings is 1. The Bertz CT molecular complexity index is 633. The second kappa shape index (κ2) is 7.62. The number of methoxy groups -OCH3 is 1. The molecule has 136 valence electrons. The topological polar surface area (TPSA) is 28.9 Å². The van der Waals surface area contributed by atoms with Crippen molar-refractivity contribution in [2.75, 3.05) is 39.9 Å². The van der Waals surface area contributed by atoms with Crippen molar-refractivity contribution < 1.29 is 9.15 Å². The van der Waals surface area contributed by atoms with Crippen LogP contribution in [0.1, 0.15) is 23.3 Å².